The highest BCUT2D eigenvalue weighted by atomic mass is 35.5. The summed E-state index contributed by atoms with van der Waals surface area (Å²) >= 11 is 5.91. The Kier molecular flexibility index (Phi) is 6.79. The Morgan fingerprint density at radius 1 is 1.03 bits per heavy atom. The second-order valence-electron chi connectivity index (χ2n) is 7.37. The highest BCUT2D eigenvalue weighted by Crippen LogP contribution is 2.25. The molecule has 1 N–H and O–H groups in total. The number of carbonyl (C=O) groups is 1. The fourth-order valence-corrected chi connectivity index (χ4v) is 3.37. The van der Waals surface area contributed by atoms with Crippen molar-refractivity contribution in [2.24, 2.45) is 0 Å². The summed E-state index contributed by atoms with van der Waals surface area (Å²) in [5, 5.41) is 6.85. The molecule has 0 saturated heterocycles. The number of hydrogen-bond acceptors (Lipinski definition) is 4. The Hall–Kier alpha value is -3.86. The van der Waals surface area contributed by atoms with Crippen LogP contribution in [0, 0.1) is 36.0 Å². The lowest BCUT2D eigenvalue weighted by molar-refractivity contribution is 0.0992. The van der Waals surface area contributed by atoms with Crippen molar-refractivity contribution < 1.29 is 35.9 Å². The van der Waals surface area contributed by atoms with E-state index in [9.17, 15) is 26.7 Å². The number of carbonyl (C=O) groups excluding carboxylic acids is 1. The number of aromatic nitrogens is 2. The summed E-state index contributed by atoms with van der Waals surface area (Å²) < 4.78 is 79.7. The molecule has 0 aliphatic carbocycles. The monoisotopic (exact) mass is 511 g/mol. The number of anilines is 1. The minimum Gasteiger partial charge on any atom is -0.485 e. The number of furan rings is 1. The van der Waals surface area contributed by atoms with E-state index in [0.29, 0.717) is 16.5 Å². The number of rotatable bonds is 7. The van der Waals surface area contributed by atoms with Crippen LogP contribution in [0.3, 0.4) is 0 Å². The molecule has 2 heterocycles. The van der Waals surface area contributed by atoms with E-state index in [4.69, 9.17) is 20.8 Å². The molecule has 12 heteroatoms. The molecule has 4 aromatic rings. The van der Waals surface area contributed by atoms with E-state index in [1.807, 2.05) is 6.92 Å². The maximum Gasteiger partial charge on any atom is 0.292 e. The van der Waals surface area contributed by atoms with Gasteiger partial charge in [0.2, 0.25) is 5.82 Å². The first-order chi connectivity index (χ1) is 16.6. The van der Waals surface area contributed by atoms with Crippen molar-refractivity contribution in [3.05, 3.63) is 99.4 Å². The summed E-state index contributed by atoms with van der Waals surface area (Å²) in [6.45, 7) is 1.12. The van der Waals surface area contributed by atoms with Crippen LogP contribution < -0.4 is 10.1 Å². The van der Waals surface area contributed by atoms with Crippen LogP contribution in [-0.4, -0.2) is 15.7 Å². The van der Waals surface area contributed by atoms with Gasteiger partial charge < -0.3 is 14.5 Å². The molecule has 1 amide bonds. The zero-order valence-electron chi connectivity index (χ0n) is 17.8. The van der Waals surface area contributed by atoms with E-state index in [-0.39, 0.29) is 18.2 Å². The van der Waals surface area contributed by atoms with Crippen LogP contribution in [0.1, 0.15) is 27.4 Å². The third kappa shape index (κ3) is 5.14. The third-order valence-corrected chi connectivity index (χ3v) is 5.13. The predicted molar refractivity (Wildman–Crippen MR) is 115 cm³/mol. The summed E-state index contributed by atoms with van der Waals surface area (Å²) in [6, 6.07) is 9.35. The third-order valence-electron chi connectivity index (χ3n) is 4.90. The minimum absolute atomic E-state index is 0.0372. The van der Waals surface area contributed by atoms with Crippen LogP contribution in [0.2, 0.25) is 5.02 Å². The quantitative estimate of drug-likeness (QED) is 0.187. The Bertz CT molecular complexity index is 1390. The summed E-state index contributed by atoms with van der Waals surface area (Å²) in [5.74, 6) is -10.1. The molecule has 0 bridgehead atoms. The van der Waals surface area contributed by atoms with Crippen molar-refractivity contribution in [2.75, 3.05) is 5.32 Å². The number of nitrogens with one attached hydrogen (secondary N) is 1. The summed E-state index contributed by atoms with van der Waals surface area (Å²) in [6.07, 6.45) is 1.20. The molecule has 0 spiro atoms. The van der Waals surface area contributed by atoms with Gasteiger partial charge in [-0.05, 0) is 42.8 Å². The number of ether oxygens (including phenoxy) is 1. The van der Waals surface area contributed by atoms with Gasteiger partial charge in [-0.25, -0.2) is 22.0 Å². The lowest BCUT2D eigenvalue weighted by Gasteiger charge is -2.08. The highest BCUT2D eigenvalue weighted by molar-refractivity contribution is 6.30. The molecule has 6 nitrogen and oxygen atoms in total. The predicted octanol–water partition coefficient (Wildman–Crippen LogP) is 6.01. The zero-order valence-corrected chi connectivity index (χ0v) is 18.6. The number of benzene rings is 2. The molecule has 35 heavy (non-hydrogen) atoms. The van der Waals surface area contributed by atoms with Crippen LogP contribution in [0.4, 0.5) is 27.8 Å². The van der Waals surface area contributed by atoms with Crippen molar-refractivity contribution in [1.82, 2.24) is 9.78 Å². The van der Waals surface area contributed by atoms with Crippen molar-refractivity contribution in [3.63, 3.8) is 0 Å². The van der Waals surface area contributed by atoms with Gasteiger partial charge in [-0.3, -0.25) is 9.48 Å². The molecule has 182 valence electrons. The summed E-state index contributed by atoms with van der Waals surface area (Å²) in [7, 11) is 0. The molecule has 2 aromatic heterocycles. The van der Waals surface area contributed by atoms with Gasteiger partial charge in [0, 0.05) is 17.3 Å². The highest BCUT2D eigenvalue weighted by Gasteiger charge is 2.26. The molecule has 0 aliphatic heterocycles. The molecule has 0 radical (unpaired) electrons. The summed E-state index contributed by atoms with van der Waals surface area (Å²) in [5.41, 5.74) is -0.238. The second kappa shape index (κ2) is 9.79. The van der Waals surface area contributed by atoms with Crippen LogP contribution in [0.15, 0.2) is 47.0 Å². The maximum atomic E-state index is 13.9. The molecule has 0 atom stereocenters. The fourth-order valence-electron chi connectivity index (χ4n) is 3.15. The first kappa shape index (κ1) is 24.3. The number of amides is 1. The van der Waals surface area contributed by atoms with Crippen molar-refractivity contribution in [2.45, 2.75) is 20.1 Å². The largest absolute Gasteiger partial charge is 0.485 e. The lowest BCUT2D eigenvalue weighted by atomic mass is 10.1. The van der Waals surface area contributed by atoms with E-state index in [1.54, 1.807) is 24.3 Å². The molecule has 2 aromatic carbocycles. The van der Waals surface area contributed by atoms with Gasteiger partial charge in [-0.15, -0.1) is 0 Å². The minimum atomic E-state index is -2.25. The van der Waals surface area contributed by atoms with Gasteiger partial charge in [-0.2, -0.15) is 5.10 Å². The van der Waals surface area contributed by atoms with Gasteiger partial charge in [0.1, 0.15) is 18.1 Å². The van der Waals surface area contributed by atoms with Crippen LogP contribution >= 0.6 is 11.6 Å². The van der Waals surface area contributed by atoms with Crippen molar-refractivity contribution in [3.8, 4) is 5.75 Å². The van der Waals surface area contributed by atoms with Crippen LogP contribution in [0.25, 0.3) is 0 Å². The van der Waals surface area contributed by atoms with Crippen molar-refractivity contribution >= 4 is 23.3 Å². The Labute approximate surface area is 199 Å². The number of hydrogen-bond donors (Lipinski definition) is 1. The van der Waals surface area contributed by atoms with Crippen molar-refractivity contribution in [1.29, 1.82) is 0 Å². The smallest absolute Gasteiger partial charge is 0.292 e. The Balaban J connectivity index is 1.40. The van der Waals surface area contributed by atoms with E-state index in [1.165, 1.54) is 18.3 Å². The first-order valence-electron chi connectivity index (χ1n) is 9.96. The molecule has 0 saturated carbocycles. The van der Waals surface area contributed by atoms with E-state index in [2.05, 4.69) is 10.4 Å². The van der Waals surface area contributed by atoms with Crippen LogP contribution in [0.5, 0.6) is 5.75 Å². The first-order valence-corrected chi connectivity index (χ1v) is 10.3. The molecule has 0 unspecified atom stereocenters. The molecule has 0 fully saturated rings. The zero-order chi connectivity index (χ0) is 25.3. The van der Waals surface area contributed by atoms with Crippen LogP contribution in [-0.2, 0) is 13.2 Å². The molecular weight excluding hydrogens is 497 g/mol. The number of aryl methyl sites for hydroxylation is 1. The van der Waals surface area contributed by atoms with Gasteiger partial charge in [0.15, 0.2) is 34.8 Å². The molecule has 0 aliphatic rings. The number of nitrogens with zero attached hydrogens (tertiary/aromatic N) is 2. The topological polar surface area (TPSA) is 69.3 Å². The average molecular weight is 512 g/mol. The Morgan fingerprint density at radius 2 is 1.71 bits per heavy atom. The van der Waals surface area contributed by atoms with Gasteiger partial charge in [0.05, 0.1) is 12.1 Å². The SMILES string of the molecule is Cc1cc(Cl)ccc1OCc1ccc(C(=O)Nc2ccn(Cc3c(F)c(F)c(F)c(F)c3F)n2)o1. The fraction of sp³-hybridized carbons (Fsp3) is 0.130. The second-order valence-corrected chi connectivity index (χ2v) is 7.80. The maximum absolute atomic E-state index is 13.9. The van der Waals surface area contributed by atoms with Gasteiger partial charge >= 0.3 is 0 Å². The lowest BCUT2D eigenvalue weighted by Crippen LogP contribution is -2.13. The normalized spacial score (nSPS) is 11.1. The standard InChI is InChI=1S/C23H15ClF5N3O3/c1-11-8-12(24)2-4-15(11)34-10-13-3-5-16(35-13)23(33)30-17-6-7-32(31-17)9-14-18(25)20(27)22(29)21(28)19(14)26/h2-8H,9-10H2,1H3,(H,30,31,33). The van der Waals surface area contributed by atoms with E-state index >= 15 is 0 Å². The number of halogens is 6. The van der Waals surface area contributed by atoms with Gasteiger partial charge in [0.25, 0.3) is 5.91 Å². The van der Waals surface area contributed by atoms with Gasteiger partial charge in [-0.1, -0.05) is 11.6 Å². The van der Waals surface area contributed by atoms with E-state index < -0.39 is 47.1 Å². The Morgan fingerprint density at radius 3 is 2.40 bits per heavy atom. The summed E-state index contributed by atoms with van der Waals surface area (Å²) in [4.78, 5) is 12.4. The molecular formula is C23H15ClF5N3O3. The molecule has 4 rings (SSSR count). The average Bonchev–Trinajstić information content (AvgIpc) is 3.48. The van der Waals surface area contributed by atoms with E-state index in [0.717, 1.165) is 10.2 Å².